The molecule has 1 atom stereocenters. The number of aryl methyl sites for hydroxylation is 2. The molecule has 0 saturated heterocycles. The van der Waals surface area contributed by atoms with Gasteiger partial charge < -0.3 is 5.11 Å². The summed E-state index contributed by atoms with van der Waals surface area (Å²) >= 11 is 0. The number of benzene rings is 1. The third kappa shape index (κ3) is 1.32. The van der Waals surface area contributed by atoms with E-state index in [4.69, 9.17) is 0 Å². The Balaban J connectivity index is 2.16. The van der Waals surface area contributed by atoms with Gasteiger partial charge in [-0.25, -0.2) is 14.1 Å². The molecule has 5 heteroatoms. The first-order chi connectivity index (χ1) is 7.75. The van der Waals surface area contributed by atoms with Crippen molar-refractivity contribution in [3.05, 3.63) is 47.3 Å². The van der Waals surface area contributed by atoms with E-state index in [0.717, 1.165) is 5.56 Å². The zero-order valence-electron chi connectivity index (χ0n) is 8.47. The number of nitrogens with zero attached hydrogens (tertiary/aromatic N) is 3. The Hall–Kier alpha value is -1.75. The summed E-state index contributed by atoms with van der Waals surface area (Å²) in [4.78, 5) is 4.03. The molecule has 0 radical (unpaired) electrons. The second-order valence-electron chi connectivity index (χ2n) is 3.84. The molecule has 0 amide bonds. The number of halogens is 1. The number of rotatable bonds is 0. The Morgan fingerprint density at radius 1 is 1.44 bits per heavy atom. The van der Waals surface area contributed by atoms with Gasteiger partial charge in [-0.3, -0.25) is 0 Å². The molecule has 3 rings (SSSR count). The number of aliphatic hydroxyl groups excluding tert-OH is 1. The Labute approximate surface area is 91.4 Å². The highest BCUT2D eigenvalue weighted by atomic mass is 19.1. The van der Waals surface area contributed by atoms with Crippen molar-refractivity contribution in [2.24, 2.45) is 0 Å². The Morgan fingerprint density at radius 3 is 3.19 bits per heavy atom. The molecular formula is C11H10FN3O. The Morgan fingerprint density at radius 2 is 2.31 bits per heavy atom. The average molecular weight is 219 g/mol. The Bertz CT molecular complexity index is 538. The molecule has 1 N–H and O–H groups in total. The maximum Gasteiger partial charge on any atom is 0.160 e. The van der Waals surface area contributed by atoms with Crippen LogP contribution in [0.15, 0.2) is 24.5 Å². The molecule has 0 saturated carbocycles. The van der Waals surface area contributed by atoms with Crippen LogP contribution in [0.1, 0.15) is 23.1 Å². The Kier molecular flexibility index (Phi) is 2.00. The van der Waals surface area contributed by atoms with E-state index in [2.05, 4.69) is 10.1 Å². The summed E-state index contributed by atoms with van der Waals surface area (Å²) in [6.07, 6.45) is 1.26. The van der Waals surface area contributed by atoms with Crippen LogP contribution in [0.4, 0.5) is 4.39 Å². The monoisotopic (exact) mass is 219 g/mol. The first kappa shape index (κ1) is 9.47. The molecule has 0 fully saturated rings. The average Bonchev–Trinajstić information content (AvgIpc) is 2.69. The quantitative estimate of drug-likeness (QED) is 0.720. The summed E-state index contributed by atoms with van der Waals surface area (Å²) in [5, 5.41) is 14.2. The van der Waals surface area contributed by atoms with Crippen LogP contribution in [0, 0.1) is 5.82 Å². The molecule has 1 unspecified atom stereocenters. The highest BCUT2D eigenvalue weighted by Crippen LogP contribution is 2.27. The van der Waals surface area contributed by atoms with E-state index < -0.39 is 6.10 Å². The van der Waals surface area contributed by atoms with Gasteiger partial charge in [0.25, 0.3) is 0 Å². The van der Waals surface area contributed by atoms with Crippen molar-refractivity contribution < 1.29 is 9.50 Å². The van der Waals surface area contributed by atoms with Gasteiger partial charge in [0.15, 0.2) is 5.82 Å². The van der Waals surface area contributed by atoms with E-state index in [0.29, 0.717) is 24.4 Å². The molecule has 1 aromatic heterocycles. The predicted octanol–water partition coefficient (Wildman–Crippen LogP) is 1.06. The molecule has 2 aromatic rings. The molecule has 1 aromatic carbocycles. The minimum atomic E-state index is -0.819. The van der Waals surface area contributed by atoms with Gasteiger partial charge in [-0.2, -0.15) is 5.10 Å². The van der Waals surface area contributed by atoms with Crippen molar-refractivity contribution in [1.29, 1.82) is 0 Å². The first-order valence-electron chi connectivity index (χ1n) is 5.10. The summed E-state index contributed by atoms with van der Waals surface area (Å²) < 4.78 is 14.7. The second-order valence-corrected chi connectivity index (χ2v) is 3.84. The lowest BCUT2D eigenvalue weighted by molar-refractivity contribution is 0.205. The molecule has 82 valence electrons. The van der Waals surface area contributed by atoms with Crippen molar-refractivity contribution >= 4 is 0 Å². The number of aromatic nitrogens is 3. The highest BCUT2D eigenvalue weighted by molar-refractivity contribution is 5.34. The third-order valence-corrected chi connectivity index (χ3v) is 2.88. The van der Waals surface area contributed by atoms with Gasteiger partial charge in [-0.1, -0.05) is 6.07 Å². The van der Waals surface area contributed by atoms with Crippen LogP contribution in [0.25, 0.3) is 0 Å². The van der Waals surface area contributed by atoms with Gasteiger partial charge in [0.05, 0.1) is 0 Å². The van der Waals surface area contributed by atoms with E-state index in [1.165, 1.54) is 18.5 Å². The first-order valence-corrected chi connectivity index (χ1v) is 5.10. The standard InChI is InChI=1S/C11H10FN3O/c12-8-1-2-9-7(5-8)3-4-15-11(10(9)16)13-6-14-15/h1-2,5-6,10,16H,3-4H2. The highest BCUT2D eigenvalue weighted by Gasteiger charge is 2.23. The van der Waals surface area contributed by atoms with E-state index in [-0.39, 0.29) is 5.82 Å². The SMILES string of the molecule is OC1c2ccc(F)cc2CCn2ncnc21. The van der Waals surface area contributed by atoms with Gasteiger partial charge in [0.1, 0.15) is 18.2 Å². The molecular weight excluding hydrogens is 209 g/mol. The molecule has 0 spiro atoms. The lowest BCUT2D eigenvalue weighted by atomic mass is 10.0. The van der Waals surface area contributed by atoms with Gasteiger partial charge in [0, 0.05) is 6.54 Å². The summed E-state index contributed by atoms with van der Waals surface area (Å²) in [5.74, 6) is 0.240. The second kappa shape index (κ2) is 3.38. The molecule has 1 aliphatic heterocycles. The molecule has 0 aliphatic carbocycles. The maximum atomic E-state index is 13.1. The van der Waals surface area contributed by atoms with Crippen molar-refractivity contribution in [1.82, 2.24) is 14.8 Å². The number of hydrogen-bond acceptors (Lipinski definition) is 3. The van der Waals surface area contributed by atoms with Crippen LogP contribution in [-0.2, 0) is 13.0 Å². The number of fused-ring (bicyclic) bond motifs is 2. The summed E-state index contributed by atoms with van der Waals surface area (Å²) in [6, 6.07) is 4.43. The third-order valence-electron chi connectivity index (χ3n) is 2.88. The fourth-order valence-corrected chi connectivity index (χ4v) is 2.08. The number of aliphatic hydroxyl groups is 1. The minimum Gasteiger partial charge on any atom is -0.380 e. The van der Waals surface area contributed by atoms with E-state index in [1.807, 2.05) is 0 Å². The summed E-state index contributed by atoms with van der Waals surface area (Å²) in [6.45, 7) is 0.614. The fourth-order valence-electron chi connectivity index (χ4n) is 2.08. The van der Waals surface area contributed by atoms with Gasteiger partial charge in [-0.15, -0.1) is 0 Å². The van der Waals surface area contributed by atoms with Crippen LogP contribution in [0.3, 0.4) is 0 Å². The summed E-state index contributed by atoms with van der Waals surface area (Å²) in [7, 11) is 0. The minimum absolute atomic E-state index is 0.279. The largest absolute Gasteiger partial charge is 0.380 e. The van der Waals surface area contributed by atoms with Crippen molar-refractivity contribution in [3.8, 4) is 0 Å². The van der Waals surface area contributed by atoms with Crippen molar-refractivity contribution in [3.63, 3.8) is 0 Å². The van der Waals surface area contributed by atoms with Gasteiger partial charge in [0.2, 0.25) is 0 Å². The molecule has 2 heterocycles. The lowest BCUT2D eigenvalue weighted by Crippen LogP contribution is -2.08. The lowest BCUT2D eigenvalue weighted by Gasteiger charge is -2.10. The molecule has 1 aliphatic rings. The smallest absolute Gasteiger partial charge is 0.160 e. The van der Waals surface area contributed by atoms with E-state index in [1.54, 1.807) is 10.7 Å². The topological polar surface area (TPSA) is 50.9 Å². The molecule has 4 nitrogen and oxygen atoms in total. The van der Waals surface area contributed by atoms with E-state index >= 15 is 0 Å². The van der Waals surface area contributed by atoms with Crippen molar-refractivity contribution in [2.75, 3.05) is 0 Å². The number of hydrogen-bond donors (Lipinski definition) is 1. The van der Waals surface area contributed by atoms with Crippen molar-refractivity contribution in [2.45, 2.75) is 19.1 Å². The zero-order valence-corrected chi connectivity index (χ0v) is 8.47. The molecule has 0 bridgehead atoms. The van der Waals surface area contributed by atoms with Crippen LogP contribution in [0.2, 0.25) is 0 Å². The van der Waals surface area contributed by atoms with Gasteiger partial charge in [-0.05, 0) is 29.7 Å². The maximum absolute atomic E-state index is 13.1. The predicted molar refractivity (Wildman–Crippen MR) is 54.2 cm³/mol. The molecule has 16 heavy (non-hydrogen) atoms. The van der Waals surface area contributed by atoms with Crippen LogP contribution in [-0.4, -0.2) is 19.9 Å². The fraction of sp³-hybridized carbons (Fsp3) is 0.273. The summed E-state index contributed by atoms with van der Waals surface area (Å²) in [5.41, 5.74) is 1.54. The van der Waals surface area contributed by atoms with Crippen LogP contribution in [0.5, 0.6) is 0 Å². The van der Waals surface area contributed by atoms with E-state index in [9.17, 15) is 9.50 Å². The van der Waals surface area contributed by atoms with Gasteiger partial charge >= 0.3 is 0 Å². The van der Waals surface area contributed by atoms with Crippen LogP contribution < -0.4 is 0 Å². The normalized spacial score (nSPS) is 18.8. The van der Waals surface area contributed by atoms with Crippen LogP contribution >= 0.6 is 0 Å². The zero-order chi connectivity index (χ0) is 11.1.